The summed E-state index contributed by atoms with van der Waals surface area (Å²) in [7, 11) is 0. The van der Waals surface area contributed by atoms with Crippen LogP contribution < -0.4 is 0 Å². The number of ketones is 1. The van der Waals surface area contributed by atoms with Crippen LogP contribution in [0.3, 0.4) is 0 Å². The van der Waals surface area contributed by atoms with Crippen LogP contribution in [0.1, 0.15) is 105 Å². The van der Waals surface area contributed by atoms with Crippen molar-refractivity contribution in [3.05, 3.63) is 0 Å². The number of hydrogen-bond acceptors (Lipinski definition) is 3. The molecule has 170 valence electrons. The van der Waals surface area contributed by atoms with E-state index >= 15 is 0 Å². The molecule has 7 unspecified atom stereocenters. The second-order valence-corrected chi connectivity index (χ2v) is 11.7. The molecule has 4 saturated carbocycles. The maximum Gasteiger partial charge on any atom is 0.305 e. The first kappa shape index (κ1) is 22.3. The smallest absolute Gasteiger partial charge is 0.305 e. The Bertz CT molecular complexity index is 656. The molecule has 8 atom stereocenters. The summed E-state index contributed by atoms with van der Waals surface area (Å²) in [5, 5.41) is 0. The van der Waals surface area contributed by atoms with Crippen molar-refractivity contribution in [2.75, 3.05) is 6.61 Å². The maximum atomic E-state index is 12.3. The van der Waals surface area contributed by atoms with E-state index in [2.05, 4.69) is 20.8 Å². The van der Waals surface area contributed by atoms with Gasteiger partial charge in [0.25, 0.3) is 0 Å². The van der Waals surface area contributed by atoms with Gasteiger partial charge in [-0.05, 0) is 105 Å². The Morgan fingerprint density at radius 2 is 1.80 bits per heavy atom. The monoisotopic (exact) mass is 416 g/mol. The van der Waals surface area contributed by atoms with E-state index in [1.807, 2.05) is 6.92 Å². The van der Waals surface area contributed by atoms with Gasteiger partial charge in [0, 0.05) is 19.3 Å². The number of rotatable bonds is 6. The van der Waals surface area contributed by atoms with E-state index in [0.29, 0.717) is 35.6 Å². The molecule has 4 aliphatic rings. The van der Waals surface area contributed by atoms with Crippen LogP contribution in [0.5, 0.6) is 0 Å². The molecule has 0 aromatic heterocycles. The van der Waals surface area contributed by atoms with Crippen molar-refractivity contribution in [2.45, 2.75) is 105 Å². The summed E-state index contributed by atoms with van der Waals surface area (Å²) in [5.41, 5.74) is 0.850. The summed E-state index contributed by atoms with van der Waals surface area (Å²) in [6.07, 6.45) is 13.6. The number of Topliss-reactive ketones (excluding diaryl/α,β-unsaturated/α-hetero) is 1. The van der Waals surface area contributed by atoms with Gasteiger partial charge in [0.05, 0.1) is 6.61 Å². The molecule has 3 heteroatoms. The Morgan fingerprint density at radius 1 is 1.03 bits per heavy atom. The highest BCUT2D eigenvalue weighted by molar-refractivity contribution is 5.79. The Kier molecular flexibility index (Phi) is 6.39. The van der Waals surface area contributed by atoms with Crippen molar-refractivity contribution < 1.29 is 14.3 Å². The van der Waals surface area contributed by atoms with E-state index < -0.39 is 0 Å². The Labute approximate surface area is 184 Å². The summed E-state index contributed by atoms with van der Waals surface area (Å²) >= 11 is 0. The number of esters is 1. The summed E-state index contributed by atoms with van der Waals surface area (Å²) in [6.45, 7) is 9.90. The minimum Gasteiger partial charge on any atom is -0.466 e. The van der Waals surface area contributed by atoms with E-state index in [1.165, 1.54) is 44.9 Å². The lowest BCUT2D eigenvalue weighted by atomic mass is 9.42. The molecular weight excluding hydrogens is 372 g/mol. The van der Waals surface area contributed by atoms with E-state index in [-0.39, 0.29) is 5.97 Å². The fraction of sp³-hybridized carbons (Fsp3) is 0.926. The number of hydrogen-bond donors (Lipinski definition) is 0. The topological polar surface area (TPSA) is 43.4 Å². The first-order chi connectivity index (χ1) is 14.3. The Hall–Kier alpha value is -0.860. The molecule has 0 heterocycles. The van der Waals surface area contributed by atoms with E-state index in [0.717, 1.165) is 55.3 Å². The van der Waals surface area contributed by atoms with Gasteiger partial charge in [-0.3, -0.25) is 9.59 Å². The van der Waals surface area contributed by atoms with Crippen LogP contribution in [-0.2, 0) is 14.3 Å². The lowest BCUT2D eigenvalue weighted by Crippen LogP contribution is -2.56. The molecule has 4 rings (SSSR count). The summed E-state index contributed by atoms with van der Waals surface area (Å²) in [5.74, 6) is 5.20. The van der Waals surface area contributed by atoms with Crippen molar-refractivity contribution in [3.8, 4) is 0 Å². The third kappa shape index (κ3) is 3.66. The van der Waals surface area contributed by atoms with Crippen LogP contribution in [-0.4, -0.2) is 18.4 Å². The zero-order valence-corrected chi connectivity index (χ0v) is 19.9. The molecule has 3 nitrogen and oxygen atoms in total. The standard InChI is InChI=1S/C27H44O3/c1-5-18-16-21-22-11-10-19(8-7-9-25(29)30-6-2)26(22,3)15-13-23(21)27(4)14-12-20(28)17-24(18)27/h18-19,21-24H,5-17H2,1-4H3/t18-,19?,21?,22?,23?,24?,26?,27?/m1/s1. The Morgan fingerprint density at radius 3 is 2.53 bits per heavy atom. The molecule has 4 fully saturated rings. The van der Waals surface area contributed by atoms with Crippen LogP contribution in [0.25, 0.3) is 0 Å². The number of carbonyl (C=O) groups excluding carboxylic acids is 2. The highest BCUT2D eigenvalue weighted by Crippen LogP contribution is 2.68. The van der Waals surface area contributed by atoms with Gasteiger partial charge in [-0.2, -0.15) is 0 Å². The van der Waals surface area contributed by atoms with Crippen molar-refractivity contribution >= 4 is 11.8 Å². The van der Waals surface area contributed by atoms with Gasteiger partial charge in [-0.15, -0.1) is 0 Å². The fourth-order valence-corrected chi connectivity index (χ4v) is 9.05. The molecule has 4 aliphatic carbocycles. The number of carbonyl (C=O) groups is 2. The predicted octanol–water partition coefficient (Wildman–Crippen LogP) is 6.58. The van der Waals surface area contributed by atoms with Gasteiger partial charge in [0.15, 0.2) is 0 Å². The minimum atomic E-state index is -0.0233. The van der Waals surface area contributed by atoms with Gasteiger partial charge >= 0.3 is 5.97 Å². The van der Waals surface area contributed by atoms with Crippen LogP contribution in [0.4, 0.5) is 0 Å². The van der Waals surface area contributed by atoms with Crippen molar-refractivity contribution in [1.29, 1.82) is 0 Å². The van der Waals surface area contributed by atoms with E-state index in [1.54, 1.807) is 0 Å². The maximum absolute atomic E-state index is 12.3. The Balaban J connectivity index is 1.48. The van der Waals surface area contributed by atoms with Crippen LogP contribution in [0, 0.1) is 46.3 Å². The van der Waals surface area contributed by atoms with Crippen molar-refractivity contribution in [1.82, 2.24) is 0 Å². The second kappa shape index (κ2) is 8.58. The molecule has 0 radical (unpaired) electrons. The summed E-state index contributed by atoms with van der Waals surface area (Å²) < 4.78 is 5.14. The van der Waals surface area contributed by atoms with Crippen molar-refractivity contribution in [2.24, 2.45) is 46.3 Å². The molecular formula is C27H44O3. The highest BCUT2D eigenvalue weighted by Gasteiger charge is 2.61. The lowest BCUT2D eigenvalue weighted by molar-refractivity contribution is -0.151. The summed E-state index contributed by atoms with van der Waals surface area (Å²) in [4.78, 5) is 24.1. The van der Waals surface area contributed by atoms with Gasteiger partial charge in [-0.1, -0.05) is 27.2 Å². The van der Waals surface area contributed by atoms with Crippen LogP contribution >= 0.6 is 0 Å². The van der Waals surface area contributed by atoms with Crippen LogP contribution in [0.15, 0.2) is 0 Å². The van der Waals surface area contributed by atoms with E-state index in [9.17, 15) is 9.59 Å². The normalized spacial score (nSPS) is 45.4. The molecule has 0 N–H and O–H groups in total. The predicted molar refractivity (Wildman–Crippen MR) is 120 cm³/mol. The SMILES string of the molecule is CCOC(=O)CCCC1CCC2C3C[C@@H](CC)C4CC(=O)CCC4(C)C3CCC12C. The quantitative estimate of drug-likeness (QED) is 0.459. The molecule has 0 bridgehead atoms. The van der Waals surface area contributed by atoms with Gasteiger partial charge in [-0.25, -0.2) is 0 Å². The fourth-order valence-electron chi connectivity index (χ4n) is 9.05. The van der Waals surface area contributed by atoms with Crippen LogP contribution in [0.2, 0.25) is 0 Å². The second-order valence-electron chi connectivity index (χ2n) is 11.7. The highest BCUT2D eigenvalue weighted by atomic mass is 16.5. The minimum absolute atomic E-state index is 0.0233. The lowest BCUT2D eigenvalue weighted by Gasteiger charge is -2.62. The molecule has 30 heavy (non-hydrogen) atoms. The number of ether oxygens (including phenoxy) is 1. The molecule has 0 amide bonds. The van der Waals surface area contributed by atoms with Gasteiger partial charge in [0.1, 0.15) is 5.78 Å². The third-order valence-electron chi connectivity index (χ3n) is 10.6. The zero-order chi connectivity index (χ0) is 21.5. The summed E-state index contributed by atoms with van der Waals surface area (Å²) in [6, 6.07) is 0. The average Bonchev–Trinajstić information content (AvgIpc) is 3.05. The van der Waals surface area contributed by atoms with E-state index in [4.69, 9.17) is 4.74 Å². The largest absolute Gasteiger partial charge is 0.466 e. The third-order valence-corrected chi connectivity index (χ3v) is 10.6. The first-order valence-electron chi connectivity index (χ1n) is 13.0. The van der Waals surface area contributed by atoms with Gasteiger partial charge in [0.2, 0.25) is 0 Å². The first-order valence-corrected chi connectivity index (χ1v) is 13.0. The average molecular weight is 417 g/mol. The van der Waals surface area contributed by atoms with Crippen molar-refractivity contribution in [3.63, 3.8) is 0 Å². The van der Waals surface area contributed by atoms with Gasteiger partial charge < -0.3 is 4.74 Å². The molecule has 0 aliphatic heterocycles. The molecule has 0 aromatic rings. The number of fused-ring (bicyclic) bond motifs is 5. The molecule has 0 saturated heterocycles. The molecule has 0 aromatic carbocycles. The zero-order valence-electron chi connectivity index (χ0n) is 19.9. The molecule has 0 spiro atoms.